The minimum atomic E-state index is 0.882. The summed E-state index contributed by atoms with van der Waals surface area (Å²) in [6.07, 6.45) is 4.67. The summed E-state index contributed by atoms with van der Waals surface area (Å²) in [6, 6.07) is 10.3. The first-order valence-electron chi connectivity index (χ1n) is 5.89. The van der Waals surface area contributed by atoms with Crippen molar-refractivity contribution in [2.24, 2.45) is 0 Å². The van der Waals surface area contributed by atoms with Crippen molar-refractivity contribution in [1.29, 1.82) is 0 Å². The van der Waals surface area contributed by atoms with Crippen molar-refractivity contribution in [2.45, 2.75) is 6.42 Å². The molecule has 0 aliphatic rings. The Bertz CT molecular complexity index is 634. The molecule has 0 aliphatic heterocycles. The van der Waals surface area contributed by atoms with Gasteiger partial charge in [0.05, 0.1) is 22.4 Å². The summed E-state index contributed by atoms with van der Waals surface area (Å²) in [4.78, 5) is 8.68. The van der Waals surface area contributed by atoms with E-state index in [0.29, 0.717) is 0 Å². The van der Waals surface area contributed by atoms with Gasteiger partial charge in [0, 0.05) is 29.9 Å². The molecule has 3 nitrogen and oxygen atoms in total. The van der Waals surface area contributed by atoms with Gasteiger partial charge in [0.2, 0.25) is 0 Å². The number of pyridine rings is 1. The van der Waals surface area contributed by atoms with E-state index in [-0.39, 0.29) is 0 Å². The highest BCUT2D eigenvalue weighted by Crippen LogP contribution is 2.16. The van der Waals surface area contributed by atoms with Crippen LogP contribution in [0.2, 0.25) is 0 Å². The summed E-state index contributed by atoms with van der Waals surface area (Å²) in [5.74, 6) is 0. The Morgan fingerprint density at radius 1 is 1.17 bits per heavy atom. The van der Waals surface area contributed by atoms with Gasteiger partial charge in [-0.25, -0.2) is 4.98 Å². The Morgan fingerprint density at radius 3 is 3.00 bits per heavy atom. The number of rotatable bonds is 4. The maximum absolute atomic E-state index is 4.42. The van der Waals surface area contributed by atoms with Crippen LogP contribution in [-0.4, -0.2) is 16.5 Å². The lowest BCUT2D eigenvalue weighted by Gasteiger charge is -2.05. The highest BCUT2D eigenvalue weighted by molar-refractivity contribution is 7.09. The number of thiazole rings is 1. The minimum absolute atomic E-state index is 0.882. The number of aromatic nitrogens is 2. The van der Waals surface area contributed by atoms with Crippen LogP contribution in [0.4, 0.5) is 5.69 Å². The lowest BCUT2D eigenvalue weighted by molar-refractivity contribution is 0.997. The molecule has 0 unspecified atom stereocenters. The first-order chi connectivity index (χ1) is 8.92. The third-order valence-corrected chi connectivity index (χ3v) is 3.58. The summed E-state index contributed by atoms with van der Waals surface area (Å²) < 4.78 is 0. The molecule has 0 fully saturated rings. The molecule has 4 heteroatoms. The third kappa shape index (κ3) is 2.49. The Morgan fingerprint density at radius 2 is 2.11 bits per heavy atom. The fourth-order valence-corrected chi connectivity index (χ4v) is 2.48. The summed E-state index contributed by atoms with van der Waals surface area (Å²) in [6.45, 7) is 0.882. The van der Waals surface area contributed by atoms with Crippen molar-refractivity contribution in [1.82, 2.24) is 9.97 Å². The normalized spacial score (nSPS) is 10.7. The van der Waals surface area contributed by atoms with Crippen LogP contribution in [0.3, 0.4) is 0 Å². The molecule has 0 aliphatic carbocycles. The second-order valence-electron chi connectivity index (χ2n) is 4.02. The number of hydrogen-bond acceptors (Lipinski definition) is 4. The number of hydrogen-bond donors (Lipinski definition) is 1. The third-order valence-electron chi connectivity index (χ3n) is 2.74. The van der Waals surface area contributed by atoms with Crippen LogP contribution in [0.15, 0.2) is 48.1 Å². The van der Waals surface area contributed by atoms with Crippen molar-refractivity contribution < 1.29 is 0 Å². The van der Waals surface area contributed by atoms with Crippen molar-refractivity contribution in [3.63, 3.8) is 0 Å². The molecule has 0 saturated heterocycles. The summed E-state index contributed by atoms with van der Waals surface area (Å²) >= 11 is 1.69. The van der Waals surface area contributed by atoms with Gasteiger partial charge < -0.3 is 5.32 Å². The molecule has 0 saturated carbocycles. The smallest absolute Gasteiger partial charge is 0.0942 e. The van der Waals surface area contributed by atoms with E-state index in [2.05, 4.69) is 27.4 Å². The Kier molecular flexibility index (Phi) is 3.19. The largest absolute Gasteiger partial charge is 0.383 e. The number of anilines is 1. The molecular weight excluding hydrogens is 242 g/mol. The molecule has 0 amide bonds. The van der Waals surface area contributed by atoms with E-state index in [1.165, 1.54) is 0 Å². The number of benzene rings is 1. The standard InChI is InChI=1S/C14H13N3S/c1-2-4-13-11(3-1)9-12(10-17-13)15-6-5-14-16-7-8-18-14/h1-4,7-10,15H,5-6H2. The Labute approximate surface area is 110 Å². The van der Waals surface area contributed by atoms with Crippen LogP contribution in [0.1, 0.15) is 5.01 Å². The topological polar surface area (TPSA) is 37.8 Å². The average Bonchev–Trinajstić information content (AvgIpc) is 2.92. The van der Waals surface area contributed by atoms with Crippen LogP contribution in [0.25, 0.3) is 10.9 Å². The van der Waals surface area contributed by atoms with Crippen molar-refractivity contribution in [3.05, 3.63) is 53.1 Å². The van der Waals surface area contributed by atoms with Gasteiger partial charge in [-0.05, 0) is 12.1 Å². The molecule has 2 aromatic heterocycles. The molecule has 1 N–H and O–H groups in total. The van der Waals surface area contributed by atoms with Crippen LogP contribution < -0.4 is 5.32 Å². The highest BCUT2D eigenvalue weighted by Gasteiger charge is 1.98. The number of fused-ring (bicyclic) bond motifs is 1. The number of para-hydroxylation sites is 1. The Hall–Kier alpha value is -1.94. The van der Waals surface area contributed by atoms with Gasteiger partial charge in [0.15, 0.2) is 0 Å². The molecule has 0 radical (unpaired) electrons. The minimum Gasteiger partial charge on any atom is -0.383 e. The van der Waals surface area contributed by atoms with Crippen LogP contribution in [0, 0.1) is 0 Å². The van der Waals surface area contributed by atoms with E-state index < -0.39 is 0 Å². The summed E-state index contributed by atoms with van der Waals surface area (Å²) in [5, 5.41) is 7.71. The van der Waals surface area contributed by atoms with E-state index in [4.69, 9.17) is 0 Å². The van der Waals surface area contributed by atoms with Crippen molar-refractivity contribution >= 4 is 27.9 Å². The van der Waals surface area contributed by atoms with E-state index in [0.717, 1.165) is 34.6 Å². The quantitative estimate of drug-likeness (QED) is 0.777. The first kappa shape index (κ1) is 11.2. The molecule has 0 bridgehead atoms. The Balaban J connectivity index is 1.67. The second-order valence-corrected chi connectivity index (χ2v) is 5.00. The fraction of sp³-hybridized carbons (Fsp3) is 0.143. The predicted molar refractivity (Wildman–Crippen MR) is 76.1 cm³/mol. The fourth-order valence-electron chi connectivity index (χ4n) is 1.86. The van der Waals surface area contributed by atoms with Gasteiger partial charge in [-0.3, -0.25) is 4.98 Å². The second kappa shape index (κ2) is 5.14. The number of nitrogens with zero attached hydrogens (tertiary/aromatic N) is 2. The molecule has 3 aromatic rings. The van der Waals surface area contributed by atoms with Gasteiger partial charge in [-0.15, -0.1) is 11.3 Å². The van der Waals surface area contributed by atoms with E-state index in [9.17, 15) is 0 Å². The SMILES string of the molecule is c1ccc2ncc(NCCc3nccs3)cc2c1. The molecule has 0 atom stereocenters. The zero-order chi connectivity index (χ0) is 12.2. The molecule has 1 aromatic carbocycles. The molecular formula is C14H13N3S. The average molecular weight is 255 g/mol. The lowest BCUT2D eigenvalue weighted by atomic mass is 10.2. The summed E-state index contributed by atoms with van der Waals surface area (Å²) in [5.41, 5.74) is 2.09. The van der Waals surface area contributed by atoms with Gasteiger partial charge in [0.25, 0.3) is 0 Å². The van der Waals surface area contributed by atoms with Crippen LogP contribution in [0.5, 0.6) is 0 Å². The van der Waals surface area contributed by atoms with Crippen LogP contribution >= 0.6 is 11.3 Å². The molecule has 3 rings (SSSR count). The van der Waals surface area contributed by atoms with Gasteiger partial charge in [-0.1, -0.05) is 18.2 Å². The number of nitrogens with one attached hydrogen (secondary N) is 1. The predicted octanol–water partition coefficient (Wildman–Crippen LogP) is 3.35. The maximum atomic E-state index is 4.42. The van der Waals surface area contributed by atoms with E-state index >= 15 is 0 Å². The molecule has 18 heavy (non-hydrogen) atoms. The first-order valence-corrected chi connectivity index (χ1v) is 6.77. The molecule has 0 spiro atoms. The molecule has 90 valence electrons. The van der Waals surface area contributed by atoms with Crippen molar-refractivity contribution in [2.75, 3.05) is 11.9 Å². The highest BCUT2D eigenvalue weighted by atomic mass is 32.1. The van der Waals surface area contributed by atoms with Crippen molar-refractivity contribution in [3.8, 4) is 0 Å². The van der Waals surface area contributed by atoms with E-state index in [1.807, 2.05) is 36.0 Å². The van der Waals surface area contributed by atoms with Crippen LogP contribution in [-0.2, 0) is 6.42 Å². The lowest BCUT2D eigenvalue weighted by Crippen LogP contribution is -2.04. The maximum Gasteiger partial charge on any atom is 0.0942 e. The zero-order valence-electron chi connectivity index (χ0n) is 9.84. The summed E-state index contributed by atoms with van der Waals surface area (Å²) in [7, 11) is 0. The van der Waals surface area contributed by atoms with E-state index in [1.54, 1.807) is 11.3 Å². The van der Waals surface area contributed by atoms with Gasteiger partial charge in [-0.2, -0.15) is 0 Å². The van der Waals surface area contributed by atoms with Gasteiger partial charge >= 0.3 is 0 Å². The monoisotopic (exact) mass is 255 g/mol. The van der Waals surface area contributed by atoms with Gasteiger partial charge in [0.1, 0.15) is 0 Å². The molecule has 2 heterocycles. The zero-order valence-corrected chi connectivity index (χ0v) is 10.7.